The molecule has 1 aromatic carbocycles. The maximum absolute atomic E-state index is 13.4. The Morgan fingerprint density at radius 1 is 1.19 bits per heavy atom. The number of hydrogen-bond acceptors (Lipinski definition) is 3. The molecule has 0 unspecified atom stereocenters. The van der Waals surface area contributed by atoms with Crippen LogP contribution in [-0.4, -0.2) is 59.8 Å². The van der Waals surface area contributed by atoms with Crippen LogP contribution in [0.15, 0.2) is 18.2 Å². The third-order valence-electron chi connectivity index (χ3n) is 7.92. The van der Waals surface area contributed by atoms with Crippen LogP contribution in [0.25, 0.3) is 0 Å². The molecule has 0 radical (unpaired) electrons. The number of fused-ring (bicyclic) bond motifs is 4. The lowest BCUT2D eigenvalue weighted by atomic mass is 9.51. The minimum absolute atomic E-state index is 0.0379. The second kappa shape index (κ2) is 6.40. The van der Waals surface area contributed by atoms with Crippen molar-refractivity contribution in [2.24, 2.45) is 5.41 Å². The van der Waals surface area contributed by atoms with Crippen LogP contribution < -0.4 is 0 Å². The summed E-state index contributed by atoms with van der Waals surface area (Å²) in [5.41, 5.74) is 2.20. The van der Waals surface area contributed by atoms with Crippen molar-refractivity contribution in [2.75, 3.05) is 26.7 Å². The number of carbonyl (C=O) groups is 1. The molecule has 2 fully saturated rings. The van der Waals surface area contributed by atoms with E-state index in [1.165, 1.54) is 5.56 Å². The van der Waals surface area contributed by atoms with Crippen LogP contribution in [-0.2, 0) is 16.6 Å². The molecule has 2 amide bonds. The number of ether oxygens (including phenoxy) is 1. The van der Waals surface area contributed by atoms with E-state index in [4.69, 9.17) is 4.74 Å². The van der Waals surface area contributed by atoms with Crippen molar-refractivity contribution in [3.8, 4) is 5.75 Å². The van der Waals surface area contributed by atoms with E-state index in [2.05, 4.69) is 31.7 Å². The normalized spacial score (nSPS) is 30.1. The highest BCUT2D eigenvalue weighted by Crippen LogP contribution is 2.57. The molecule has 0 spiro atoms. The molecule has 2 saturated heterocycles. The zero-order valence-electron chi connectivity index (χ0n) is 17.0. The number of nitrogens with zero attached hydrogens (tertiary/aromatic N) is 2. The highest BCUT2D eigenvalue weighted by Gasteiger charge is 2.57. The maximum Gasteiger partial charge on any atom is 0.320 e. The summed E-state index contributed by atoms with van der Waals surface area (Å²) in [4.78, 5) is 17.5. The Labute approximate surface area is 162 Å². The maximum atomic E-state index is 13.4. The predicted molar refractivity (Wildman–Crippen MR) is 105 cm³/mol. The largest absolute Gasteiger partial charge is 0.508 e. The van der Waals surface area contributed by atoms with Gasteiger partial charge in [0.2, 0.25) is 0 Å². The Bertz CT molecular complexity index is 739. The van der Waals surface area contributed by atoms with E-state index in [1.54, 1.807) is 13.2 Å². The fourth-order valence-corrected chi connectivity index (χ4v) is 5.62. The van der Waals surface area contributed by atoms with Gasteiger partial charge in [-0.2, -0.15) is 0 Å². The molecule has 3 aliphatic rings. The van der Waals surface area contributed by atoms with Crippen molar-refractivity contribution >= 4 is 6.03 Å². The quantitative estimate of drug-likeness (QED) is 0.820. The Morgan fingerprint density at radius 2 is 1.89 bits per heavy atom. The van der Waals surface area contributed by atoms with Gasteiger partial charge in [0.25, 0.3) is 0 Å². The minimum Gasteiger partial charge on any atom is -0.508 e. The van der Waals surface area contributed by atoms with Crippen LogP contribution in [0.2, 0.25) is 0 Å². The molecule has 2 atom stereocenters. The third-order valence-corrected chi connectivity index (χ3v) is 7.92. The molecule has 2 aliphatic heterocycles. The van der Waals surface area contributed by atoms with Gasteiger partial charge in [0, 0.05) is 38.2 Å². The zero-order valence-corrected chi connectivity index (χ0v) is 17.0. The highest BCUT2D eigenvalue weighted by atomic mass is 16.5. The number of benzene rings is 1. The van der Waals surface area contributed by atoms with E-state index in [0.29, 0.717) is 5.75 Å². The fraction of sp³-hybridized carbons (Fsp3) is 0.682. The van der Waals surface area contributed by atoms with Gasteiger partial charge in [0.15, 0.2) is 0 Å². The summed E-state index contributed by atoms with van der Waals surface area (Å²) in [6, 6.07) is 6.15. The number of carbonyl (C=O) groups excluding carboxylic acids is 1. The van der Waals surface area contributed by atoms with E-state index in [1.807, 2.05) is 11.0 Å². The molecule has 1 aromatic rings. The van der Waals surface area contributed by atoms with Gasteiger partial charge < -0.3 is 19.6 Å². The summed E-state index contributed by atoms with van der Waals surface area (Å²) < 4.78 is 5.45. The molecule has 5 heteroatoms. The van der Waals surface area contributed by atoms with Gasteiger partial charge in [0.05, 0.1) is 6.10 Å². The lowest BCUT2D eigenvalue weighted by Gasteiger charge is -2.61. The van der Waals surface area contributed by atoms with Crippen molar-refractivity contribution in [2.45, 2.75) is 64.0 Å². The highest BCUT2D eigenvalue weighted by molar-refractivity contribution is 5.76. The molecule has 5 nitrogen and oxygen atoms in total. The number of aromatic hydroxyl groups is 1. The Morgan fingerprint density at radius 3 is 2.56 bits per heavy atom. The van der Waals surface area contributed by atoms with Crippen LogP contribution in [0, 0.1) is 5.41 Å². The van der Waals surface area contributed by atoms with E-state index in [-0.39, 0.29) is 29.0 Å². The summed E-state index contributed by atoms with van der Waals surface area (Å²) in [5.74, 6) is 0.370. The van der Waals surface area contributed by atoms with Crippen molar-refractivity contribution < 1.29 is 14.6 Å². The van der Waals surface area contributed by atoms with Gasteiger partial charge in [-0.05, 0) is 48.3 Å². The van der Waals surface area contributed by atoms with Crippen LogP contribution in [0.4, 0.5) is 4.79 Å². The molecule has 4 rings (SSSR count). The van der Waals surface area contributed by atoms with Gasteiger partial charge in [-0.3, -0.25) is 0 Å². The number of rotatable bonds is 1. The number of methoxy groups -OCH3 is 1. The second-order valence-corrected chi connectivity index (χ2v) is 9.23. The number of likely N-dealkylation sites (tertiary alicyclic amines) is 2. The van der Waals surface area contributed by atoms with Crippen LogP contribution in [0.3, 0.4) is 0 Å². The van der Waals surface area contributed by atoms with Gasteiger partial charge in [-0.15, -0.1) is 0 Å². The number of urea groups is 1. The SMILES string of the molecule is COC1CCN(C(=O)N2CC[C@@]3(C)c4cccc(O)c4C[C@@H]2C3(C)C)CC1. The third kappa shape index (κ3) is 2.65. The number of phenolic OH excluding ortho intramolecular Hbond substituents is 1. The average molecular weight is 373 g/mol. The van der Waals surface area contributed by atoms with Gasteiger partial charge in [-0.25, -0.2) is 4.79 Å². The lowest BCUT2D eigenvalue weighted by molar-refractivity contribution is -0.0286. The molecule has 27 heavy (non-hydrogen) atoms. The summed E-state index contributed by atoms with van der Waals surface area (Å²) in [5, 5.41) is 10.5. The first-order valence-electron chi connectivity index (χ1n) is 10.2. The van der Waals surface area contributed by atoms with E-state index >= 15 is 0 Å². The minimum atomic E-state index is -0.0491. The molecule has 1 aliphatic carbocycles. The molecule has 0 aromatic heterocycles. The fourth-order valence-electron chi connectivity index (χ4n) is 5.62. The molecular formula is C22H32N2O3. The van der Waals surface area contributed by atoms with Crippen LogP contribution in [0.1, 0.15) is 51.2 Å². The lowest BCUT2D eigenvalue weighted by Crippen LogP contribution is -2.66. The molecule has 2 heterocycles. The van der Waals surface area contributed by atoms with Crippen molar-refractivity contribution in [3.05, 3.63) is 29.3 Å². The molecule has 1 N–H and O–H groups in total. The first-order chi connectivity index (χ1) is 12.8. The number of piperidine rings is 2. The molecule has 2 bridgehead atoms. The molecular weight excluding hydrogens is 340 g/mol. The van der Waals surface area contributed by atoms with Crippen molar-refractivity contribution in [1.29, 1.82) is 0 Å². The topological polar surface area (TPSA) is 53.0 Å². The summed E-state index contributed by atoms with van der Waals surface area (Å²) in [6.45, 7) is 9.20. The van der Waals surface area contributed by atoms with Gasteiger partial charge in [-0.1, -0.05) is 32.9 Å². The summed E-state index contributed by atoms with van der Waals surface area (Å²) in [7, 11) is 1.75. The number of phenols is 1. The first-order valence-corrected chi connectivity index (χ1v) is 10.2. The Hall–Kier alpha value is -1.75. The zero-order chi connectivity index (χ0) is 19.4. The summed E-state index contributed by atoms with van der Waals surface area (Å²) in [6.07, 6.45) is 3.74. The van der Waals surface area contributed by atoms with E-state index < -0.39 is 0 Å². The summed E-state index contributed by atoms with van der Waals surface area (Å²) >= 11 is 0. The van der Waals surface area contributed by atoms with Crippen molar-refractivity contribution in [1.82, 2.24) is 9.80 Å². The second-order valence-electron chi connectivity index (χ2n) is 9.23. The average Bonchev–Trinajstić information content (AvgIpc) is 2.65. The standard InChI is InChI=1S/C22H32N2O3/c1-21(2)19-14-16-17(6-5-7-18(16)25)22(21,3)10-13-24(19)20(26)23-11-8-15(27-4)9-12-23/h5-7,15,19,25H,8-14H2,1-4H3/t19-,22+/m1/s1. The van der Waals surface area contributed by atoms with E-state index in [0.717, 1.165) is 50.9 Å². The first kappa shape index (κ1) is 18.6. The number of hydrogen-bond donors (Lipinski definition) is 1. The van der Waals surface area contributed by atoms with Crippen molar-refractivity contribution in [3.63, 3.8) is 0 Å². The van der Waals surface area contributed by atoms with Gasteiger partial charge >= 0.3 is 6.03 Å². The molecule has 148 valence electrons. The molecule has 0 saturated carbocycles. The Kier molecular flexibility index (Phi) is 4.41. The number of amides is 2. The smallest absolute Gasteiger partial charge is 0.320 e. The predicted octanol–water partition coefficient (Wildman–Crippen LogP) is 3.54. The van der Waals surface area contributed by atoms with Crippen LogP contribution in [0.5, 0.6) is 5.75 Å². The van der Waals surface area contributed by atoms with Gasteiger partial charge in [0.1, 0.15) is 5.75 Å². The Balaban J connectivity index is 1.64. The van der Waals surface area contributed by atoms with Crippen LogP contribution >= 0.6 is 0 Å². The van der Waals surface area contributed by atoms with E-state index in [9.17, 15) is 9.90 Å². The monoisotopic (exact) mass is 372 g/mol.